The Morgan fingerprint density at radius 3 is 2.18 bits per heavy atom. The van der Waals surface area contributed by atoms with E-state index in [4.69, 9.17) is 25.8 Å². The summed E-state index contributed by atoms with van der Waals surface area (Å²) in [5.41, 5.74) is -0.0531. The summed E-state index contributed by atoms with van der Waals surface area (Å²) in [5.74, 6) is -0.392. The van der Waals surface area contributed by atoms with Crippen molar-refractivity contribution in [2.75, 3.05) is 34.4 Å². The molecule has 0 aliphatic carbocycles. The number of carbonyl (C=O) groups is 1. The van der Waals surface area contributed by atoms with Gasteiger partial charge in [-0.25, -0.2) is 0 Å². The van der Waals surface area contributed by atoms with Crippen molar-refractivity contribution in [1.82, 2.24) is 4.90 Å². The first-order valence-electron chi connectivity index (χ1n) is 10.2. The number of halogens is 4. The highest BCUT2D eigenvalue weighted by Gasteiger charge is 2.36. The molecule has 0 radical (unpaired) electrons. The predicted octanol–water partition coefficient (Wildman–Crippen LogP) is 5.27. The monoisotopic (exact) mass is 487 g/mol. The number of benzene rings is 2. The summed E-state index contributed by atoms with van der Waals surface area (Å²) in [5, 5.41) is 9.52. The van der Waals surface area contributed by atoms with Crippen LogP contribution in [-0.4, -0.2) is 50.4 Å². The van der Waals surface area contributed by atoms with Gasteiger partial charge in [-0.15, -0.1) is 0 Å². The van der Waals surface area contributed by atoms with E-state index in [1.54, 1.807) is 12.1 Å². The van der Waals surface area contributed by atoms with E-state index in [2.05, 4.69) is 0 Å². The molecule has 1 heterocycles. The summed E-state index contributed by atoms with van der Waals surface area (Å²) in [4.78, 5) is 13.3. The third kappa shape index (κ3) is 5.14. The van der Waals surface area contributed by atoms with E-state index in [1.807, 2.05) is 4.90 Å². The van der Waals surface area contributed by atoms with Gasteiger partial charge in [0.25, 0.3) is 0 Å². The van der Waals surface area contributed by atoms with Gasteiger partial charge >= 0.3 is 12.1 Å². The molecule has 3 rings (SSSR count). The van der Waals surface area contributed by atoms with E-state index in [0.717, 1.165) is 12.1 Å². The van der Waals surface area contributed by atoms with E-state index in [1.165, 1.54) is 27.4 Å². The number of nitrogens with zero attached hydrogens (tertiary/aromatic N) is 1. The molecular formula is C23H25ClF3NO5. The number of likely N-dealkylation sites (tertiary alicyclic amines) is 1. The molecule has 1 atom stereocenters. The van der Waals surface area contributed by atoms with Crippen molar-refractivity contribution in [3.05, 3.63) is 52.0 Å². The fourth-order valence-electron chi connectivity index (χ4n) is 4.23. The van der Waals surface area contributed by atoms with Gasteiger partial charge in [0.1, 0.15) is 0 Å². The molecule has 2 aromatic rings. The van der Waals surface area contributed by atoms with Crippen molar-refractivity contribution in [3.63, 3.8) is 0 Å². The van der Waals surface area contributed by atoms with Crippen LogP contribution in [-0.2, 0) is 11.0 Å². The lowest BCUT2D eigenvalue weighted by atomic mass is 9.90. The molecule has 1 unspecified atom stereocenters. The van der Waals surface area contributed by atoms with Crippen LogP contribution >= 0.6 is 11.6 Å². The number of alkyl halides is 3. The first-order valence-corrected chi connectivity index (χ1v) is 10.6. The van der Waals surface area contributed by atoms with Gasteiger partial charge in [-0.3, -0.25) is 9.69 Å². The number of hydrogen-bond acceptors (Lipinski definition) is 5. The molecule has 1 N–H and O–H groups in total. The minimum atomic E-state index is -4.55. The van der Waals surface area contributed by atoms with Crippen LogP contribution in [0, 0.1) is 5.92 Å². The smallest absolute Gasteiger partial charge is 0.416 e. The molecule has 0 bridgehead atoms. The van der Waals surface area contributed by atoms with Crippen molar-refractivity contribution < 1.29 is 37.3 Å². The second-order valence-electron chi connectivity index (χ2n) is 7.71. The highest BCUT2D eigenvalue weighted by atomic mass is 35.5. The Bertz CT molecular complexity index is 1010. The molecule has 2 aromatic carbocycles. The van der Waals surface area contributed by atoms with Crippen molar-refractivity contribution in [3.8, 4) is 17.2 Å². The van der Waals surface area contributed by atoms with E-state index >= 15 is 0 Å². The molecule has 0 aromatic heterocycles. The van der Waals surface area contributed by atoms with E-state index in [9.17, 15) is 23.1 Å². The maximum absolute atomic E-state index is 13.5. The van der Waals surface area contributed by atoms with E-state index in [0.29, 0.717) is 48.7 Å². The molecule has 1 fully saturated rings. The van der Waals surface area contributed by atoms with Gasteiger partial charge in [-0.1, -0.05) is 11.6 Å². The number of hydrogen-bond donors (Lipinski definition) is 1. The average molecular weight is 488 g/mol. The first-order chi connectivity index (χ1) is 15.6. The van der Waals surface area contributed by atoms with Gasteiger partial charge in [-0.2, -0.15) is 13.2 Å². The molecule has 0 saturated carbocycles. The number of carboxylic acid groups (broad SMARTS) is 1. The predicted molar refractivity (Wildman–Crippen MR) is 116 cm³/mol. The van der Waals surface area contributed by atoms with Crippen LogP contribution in [0.5, 0.6) is 17.2 Å². The molecule has 6 nitrogen and oxygen atoms in total. The Labute approximate surface area is 194 Å². The number of methoxy groups -OCH3 is 3. The highest BCUT2D eigenvalue weighted by Crippen LogP contribution is 2.47. The first kappa shape index (κ1) is 25.0. The second kappa shape index (κ2) is 10.1. The molecule has 1 saturated heterocycles. The van der Waals surface area contributed by atoms with Crippen LogP contribution in [0.25, 0.3) is 0 Å². The topological polar surface area (TPSA) is 68.2 Å². The number of rotatable bonds is 7. The van der Waals surface area contributed by atoms with Crippen molar-refractivity contribution in [2.45, 2.75) is 25.1 Å². The average Bonchev–Trinajstić information content (AvgIpc) is 2.79. The summed E-state index contributed by atoms with van der Waals surface area (Å²) >= 11 is 6.43. The van der Waals surface area contributed by atoms with E-state index in [-0.39, 0.29) is 10.6 Å². The van der Waals surface area contributed by atoms with E-state index < -0.39 is 29.7 Å². The third-order valence-corrected chi connectivity index (χ3v) is 6.24. The van der Waals surface area contributed by atoms with Crippen LogP contribution in [0.15, 0.2) is 30.3 Å². The molecule has 1 aliphatic heterocycles. The second-order valence-corrected chi connectivity index (χ2v) is 8.12. The lowest BCUT2D eigenvalue weighted by Crippen LogP contribution is -2.39. The largest absolute Gasteiger partial charge is 0.493 e. The highest BCUT2D eigenvalue weighted by molar-refractivity contribution is 6.31. The number of carboxylic acids is 1. The fourth-order valence-corrected chi connectivity index (χ4v) is 4.46. The van der Waals surface area contributed by atoms with Gasteiger partial charge < -0.3 is 19.3 Å². The lowest BCUT2D eigenvalue weighted by Gasteiger charge is -2.38. The zero-order chi connectivity index (χ0) is 24.3. The third-order valence-electron chi connectivity index (χ3n) is 5.89. The number of piperidine rings is 1. The van der Waals surface area contributed by atoms with Gasteiger partial charge in [0.05, 0.1) is 38.9 Å². The normalized spacial score (nSPS) is 16.3. The van der Waals surface area contributed by atoms with Gasteiger partial charge in [0.2, 0.25) is 5.75 Å². The van der Waals surface area contributed by atoms with Crippen molar-refractivity contribution >= 4 is 17.6 Å². The van der Waals surface area contributed by atoms with Gasteiger partial charge in [0.15, 0.2) is 11.5 Å². The quantitative estimate of drug-likeness (QED) is 0.574. The zero-order valence-electron chi connectivity index (χ0n) is 18.4. The summed E-state index contributed by atoms with van der Waals surface area (Å²) in [6.45, 7) is 0.706. The number of ether oxygens (including phenoxy) is 3. The Kier molecular flexibility index (Phi) is 7.64. The Morgan fingerprint density at radius 2 is 1.67 bits per heavy atom. The summed E-state index contributed by atoms with van der Waals surface area (Å²) in [6.07, 6.45) is -3.84. The molecular weight excluding hydrogens is 463 g/mol. The Balaban J connectivity index is 2.19. The van der Waals surface area contributed by atoms with Crippen molar-refractivity contribution in [2.24, 2.45) is 5.92 Å². The van der Waals surface area contributed by atoms with Crippen molar-refractivity contribution in [1.29, 1.82) is 0 Å². The molecule has 0 spiro atoms. The molecule has 180 valence electrons. The van der Waals surface area contributed by atoms with Crippen LogP contribution in [0.2, 0.25) is 5.02 Å². The summed E-state index contributed by atoms with van der Waals surface area (Å²) in [6, 6.07) is 5.81. The summed E-state index contributed by atoms with van der Waals surface area (Å²) in [7, 11) is 4.34. The Hall–Kier alpha value is -2.65. The van der Waals surface area contributed by atoms with Gasteiger partial charge in [0, 0.05) is 10.6 Å². The minimum Gasteiger partial charge on any atom is -0.493 e. The maximum atomic E-state index is 13.5. The Morgan fingerprint density at radius 1 is 1.03 bits per heavy atom. The fraction of sp³-hybridized carbons (Fsp3) is 0.435. The SMILES string of the molecule is COc1ccc(C(c2cc(C(F)(F)F)ccc2Cl)N2CCC(C(=O)O)CC2)c(OC)c1OC. The van der Waals surface area contributed by atoms with Gasteiger partial charge in [-0.05, 0) is 61.8 Å². The standard InChI is InChI=1S/C23H25ClF3NO5/c1-31-18-7-5-15(20(32-2)21(18)33-3)19(28-10-8-13(9-11-28)22(29)30)16-12-14(23(25,26)27)4-6-17(16)24/h4-7,12-13,19H,8-11H2,1-3H3,(H,29,30). The molecule has 1 aliphatic rings. The molecule has 10 heteroatoms. The lowest BCUT2D eigenvalue weighted by molar-refractivity contribution is -0.143. The zero-order valence-corrected chi connectivity index (χ0v) is 19.2. The van der Waals surface area contributed by atoms with Crippen LogP contribution in [0.4, 0.5) is 13.2 Å². The number of aliphatic carboxylic acids is 1. The molecule has 0 amide bonds. The van der Waals surface area contributed by atoms with Crippen LogP contribution < -0.4 is 14.2 Å². The summed E-state index contributed by atoms with van der Waals surface area (Å²) < 4.78 is 57.0. The molecule has 33 heavy (non-hydrogen) atoms. The maximum Gasteiger partial charge on any atom is 0.416 e. The van der Waals surface area contributed by atoms with Crippen LogP contribution in [0.3, 0.4) is 0 Å². The minimum absolute atomic E-state index is 0.158. The van der Waals surface area contributed by atoms with Crippen LogP contribution in [0.1, 0.15) is 35.6 Å².